The van der Waals surface area contributed by atoms with Gasteiger partial charge in [-0.3, -0.25) is 0 Å². The first-order valence-corrected chi connectivity index (χ1v) is 14.8. The maximum atomic E-state index is 9.76. The molecule has 0 atom stereocenters. The number of hydrogen-bond acceptors (Lipinski definition) is 7. The molecule has 4 aromatic rings. The molecule has 214 valence electrons. The smallest absolute Gasteiger partial charge is 0.229 e. The van der Waals surface area contributed by atoms with Crippen LogP contribution < -0.4 is 9.80 Å². The molecule has 2 aromatic heterocycles. The van der Waals surface area contributed by atoms with E-state index in [1.54, 1.807) is 12.1 Å². The zero-order valence-corrected chi connectivity index (χ0v) is 24.7. The van der Waals surface area contributed by atoms with Gasteiger partial charge >= 0.3 is 0 Å². The van der Waals surface area contributed by atoms with Crippen molar-refractivity contribution in [3.63, 3.8) is 0 Å². The lowest BCUT2D eigenvalue weighted by Gasteiger charge is -2.37. The molecular formula is C33H41N7O. The summed E-state index contributed by atoms with van der Waals surface area (Å²) in [6.45, 7) is 13.9. The highest BCUT2D eigenvalue weighted by atomic mass is 16.3. The molecule has 0 radical (unpaired) electrons. The molecule has 2 aliphatic rings. The van der Waals surface area contributed by atoms with Gasteiger partial charge in [0.25, 0.3) is 0 Å². The average molecular weight is 552 g/mol. The van der Waals surface area contributed by atoms with Gasteiger partial charge in [0, 0.05) is 51.4 Å². The molecule has 41 heavy (non-hydrogen) atoms. The lowest BCUT2D eigenvalue weighted by molar-refractivity contribution is 0.328. The van der Waals surface area contributed by atoms with Gasteiger partial charge in [-0.2, -0.15) is 15.1 Å². The van der Waals surface area contributed by atoms with E-state index in [0.717, 1.165) is 79.7 Å². The third-order valence-corrected chi connectivity index (χ3v) is 7.60. The van der Waals surface area contributed by atoms with Crippen LogP contribution in [0.25, 0.3) is 11.0 Å². The van der Waals surface area contributed by atoms with Crippen molar-refractivity contribution in [2.75, 3.05) is 42.5 Å². The minimum absolute atomic E-state index is 0.281. The van der Waals surface area contributed by atoms with Crippen LogP contribution in [0.3, 0.4) is 0 Å². The van der Waals surface area contributed by atoms with Crippen molar-refractivity contribution in [3.8, 4) is 5.75 Å². The molecule has 8 heteroatoms. The van der Waals surface area contributed by atoms with E-state index in [2.05, 4.69) is 75.7 Å². The summed E-state index contributed by atoms with van der Waals surface area (Å²) < 4.78 is 2.05. The van der Waals surface area contributed by atoms with Gasteiger partial charge in [-0.05, 0) is 43.2 Å². The number of aromatic nitrogens is 4. The van der Waals surface area contributed by atoms with Gasteiger partial charge in [-0.15, -0.1) is 0 Å². The normalized spacial score (nSPS) is 15.4. The number of aromatic hydroxyl groups is 1. The predicted molar refractivity (Wildman–Crippen MR) is 167 cm³/mol. The molecule has 2 aliphatic heterocycles. The lowest BCUT2D eigenvalue weighted by Crippen LogP contribution is -2.46. The van der Waals surface area contributed by atoms with Gasteiger partial charge in [-0.1, -0.05) is 68.5 Å². The summed E-state index contributed by atoms with van der Waals surface area (Å²) in [6.07, 6.45) is 7.29. The first-order chi connectivity index (χ1) is 20.1. The van der Waals surface area contributed by atoms with Crippen LogP contribution >= 0.6 is 0 Å². The Balaban J connectivity index is 0.00000165. The fourth-order valence-electron chi connectivity index (χ4n) is 5.57. The van der Waals surface area contributed by atoms with Gasteiger partial charge in [-0.25, -0.2) is 4.68 Å². The highest BCUT2D eigenvalue weighted by Crippen LogP contribution is 2.35. The van der Waals surface area contributed by atoms with E-state index in [1.807, 2.05) is 32.0 Å². The fraction of sp³-hybridized carbons (Fsp3) is 0.364. The fourth-order valence-corrected chi connectivity index (χ4v) is 5.57. The van der Waals surface area contributed by atoms with Crippen LogP contribution in [0.1, 0.15) is 44.5 Å². The Morgan fingerprint density at radius 2 is 1.56 bits per heavy atom. The molecule has 0 spiro atoms. The van der Waals surface area contributed by atoms with E-state index in [-0.39, 0.29) is 5.75 Å². The van der Waals surface area contributed by atoms with E-state index in [4.69, 9.17) is 15.1 Å². The van der Waals surface area contributed by atoms with E-state index in [9.17, 15) is 5.11 Å². The van der Waals surface area contributed by atoms with E-state index >= 15 is 0 Å². The number of nitrogens with zero attached hydrogens (tertiary/aromatic N) is 7. The first kappa shape index (κ1) is 28.2. The van der Waals surface area contributed by atoms with Crippen LogP contribution in [-0.4, -0.2) is 62.5 Å². The molecule has 0 amide bonds. The molecule has 0 aliphatic carbocycles. The largest absolute Gasteiger partial charge is 0.508 e. The zero-order valence-electron chi connectivity index (χ0n) is 24.7. The first-order valence-electron chi connectivity index (χ1n) is 14.8. The number of rotatable bonds is 7. The van der Waals surface area contributed by atoms with Gasteiger partial charge in [0.1, 0.15) is 11.6 Å². The van der Waals surface area contributed by atoms with Crippen molar-refractivity contribution >= 4 is 22.8 Å². The van der Waals surface area contributed by atoms with Crippen molar-refractivity contribution in [1.82, 2.24) is 24.6 Å². The maximum absolute atomic E-state index is 9.76. The standard InChI is InChI=1S/C31H35N7O.C2H6/c1-3-8-25(4-2)35-17-19-36(20-18-35)31-32-29-28-27(15-16-37(29)21-24-11-13-26(39)14-12-24)34-38(30(28)33-31)22-23-9-6-5-7-10-23;1-2/h3-14,39H,15-22H2,1-2H3;1-2H3/b8-3-,25-4+;. The third-order valence-electron chi connectivity index (χ3n) is 7.60. The summed E-state index contributed by atoms with van der Waals surface area (Å²) in [5.74, 6) is 2.00. The van der Waals surface area contributed by atoms with Crippen LogP contribution in [0, 0.1) is 0 Å². The highest BCUT2D eigenvalue weighted by molar-refractivity contribution is 5.92. The Kier molecular flexibility index (Phi) is 8.87. The highest BCUT2D eigenvalue weighted by Gasteiger charge is 2.29. The quantitative estimate of drug-likeness (QED) is 0.292. The Hall–Kier alpha value is -4.33. The molecule has 1 saturated heterocycles. The average Bonchev–Trinajstić information content (AvgIpc) is 3.37. The summed E-state index contributed by atoms with van der Waals surface area (Å²) >= 11 is 0. The van der Waals surface area contributed by atoms with Crippen molar-refractivity contribution in [3.05, 3.63) is 95.3 Å². The predicted octanol–water partition coefficient (Wildman–Crippen LogP) is 5.77. The topological polar surface area (TPSA) is 73.6 Å². The second-order valence-electron chi connectivity index (χ2n) is 10.2. The molecule has 4 heterocycles. The maximum Gasteiger partial charge on any atom is 0.229 e. The summed E-state index contributed by atoms with van der Waals surface area (Å²) in [5, 5.41) is 15.8. The molecular weight excluding hydrogens is 510 g/mol. The van der Waals surface area contributed by atoms with Crippen LogP contribution in [0.4, 0.5) is 11.8 Å². The summed E-state index contributed by atoms with van der Waals surface area (Å²) in [5.41, 5.74) is 5.56. The Labute approximate surface area is 243 Å². The lowest BCUT2D eigenvalue weighted by atomic mass is 10.1. The molecule has 8 nitrogen and oxygen atoms in total. The van der Waals surface area contributed by atoms with Crippen molar-refractivity contribution in [1.29, 1.82) is 0 Å². The molecule has 0 bridgehead atoms. The van der Waals surface area contributed by atoms with Crippen molar-refractivity contribution < 1.29 is 5.11 Å². The molecule has 1 N–H and O–H groups in total. The van der Waals surface area contributed by atoms with E-state index < -0.39 is 0 Å². The Morgan fingerprint density at radius 1 is 0.854 bits per heavy atom. The van der Waals surface area contributed by atoms with Gasteiger partial charge in [0.15, 0.2) is 5.65 Å². The molecule has 0 saturated carbocycles. The summed E-state index contributed by atoms with van der Waals surface area (Å²) in [4.78, 5) is 17.4. The van der Waals surface area contributed by atoms with Crippen LogP contribution in [0.15, 0.2) is 78.5 Å². The van der Waals surface area contributed by atoms with Crippen molar-refractivity contribution in [2.24, 2.45) is 0 Å². The minimum Gasteiger partial charge on any atom is -0.508 e. The van der Waals surface area contributed by atoms with Crippen molar-refractivity contribution in [2.45, 2.75) is 47.2 Å². The molecule has 0 unspecified atom stereocenters. The Morgan fingerprint density at radius 3 is 2.24 bits per heavy atom. The van der Waals surface area contributed by atoms with E-state index in [0.29, 0.717) is 6.54 Å². The van der Waals surface area contributed by atoms with Crippen LogP contribution in [0.5, 0.6) is 5.75 Å². The molecule has 6 rings (SSSR count). The van der Waals surface area contributed by atoms with Crippen LogP contribution in [0.2, 0.25) is 0 Å². The van der Waals surface area contributed by atoms with Gasteiger partial charge in [0.05, 0.1) is 17.6 Å². The number of allylic oxidation sites excluding steroid dienone is 3. The summed E-state index contributed by atoms with van der Waals surface area (Å²) in [7, 11) is 0. The number of phenolic OH excluding ortho intramolecular Hbond substituents is 1. The SMILES string of the molecule is C/C=C\C(=C/C)N1CCN(c2nc3c4c(nn(Cc5ccccc5)c4n2)CCN3Cc2ccc(O)cc2)CC1.CC. The monoisotopic (exact) mass is 551 g/mol. The third kappa shape index (κ3) is 6.06. The van der Waals surface area contributed by atoms with Crippen LogP contribution in [-0.2, 0) is 19.5 Å². The molecule has 2 aromatic carbocycles. The second kappa shape index (κ2) is 12.9. The van der Waals surface area contributed by atoms with Gasteiger partial charge in [0.2, 0.25) is 5.95 Å². The minimum atomic E-state index is 0.281. The van der Waals surface area contributed by atoms with E-state index in [1.165, 1.54) is 11.3 Å². The number of piperazine rings is 1. The number of anilines is 2. The molecule has 1 fully saturated rings. The van der Waals surface area contributed by atoms with Gasteiger partial charge < -0.3 is 19.8 Å². The summed E-state index contributed by atoms with van der Waals surface area (Å²) in [6, 6.07) is 17.9. The second-order valence-corrected chi connectivity index (χ2v) is 10.2. The Bertz CT molecular complexity index is 1500. The number of phenols is 1. The number of benzene rings is 2. The zero-order chi connectivity index (χ0) is 28.8. The number of hydrogen-bond donors (Lipinski definition) is 1.